The molecule has 2 N–H and O–H groups in total. The van der Waals surface area contributed by atoms with Crippen molar-refractivity contribution in [1.29, 1.82) is 0 Å². The average molecular weight is 413 g/mol. The van der Waals surface area contributed by atoms with E-state index in [0.29, 0.717) is 31.0 Å². The maximum Gasteiger partial charge on any atom is 0.323 e. The highest BCUT2D eigenvalue weighted by Gasteiger charge is 2.19. The van der Waals surface area contributed by atoms with E-state index in [-0.39, 0.29) is 17.4 Å². The van der Waals surface area contributed by atoms with E-state index in [1.54, 1.807) is 30.0 Å². The lowest BCUT2D eigenvalue weighted by Crippen LogP contribution is -2.47. The second-order valence-electron chi connectivity index (χ2n) is 7.16. The third-order valence-electron chi connectivity index (χ3n) is 4.88. The number of urea groups is 1. The van der Waals surface area contributed by atoms with Gasteiger partial charge in [0, 0.05) is 46.6 Å². The molecule has 158 valence electrons. The Morgan fingerprint density at radius 2 is 1.77 bits per heavy atom. The van der Waals surface area contributed by atoms with E-state index in [2.05, 4.69) is 20.5 Å². The maximum atomic E-state index is 14.2. The zero-order valence-corrected chi connectivity index (χ0v) is 16.9. The van der Waals surface area contributed by atoms with Crippen LogP contribution in [0.5, 0.6) is 0 Å². The van der Waals surface area contributed by atoms with Crippen molar-refractivity contribution >= 4 is 29.1 Å². The van der Waals surface area contributed by atoms with Gasteiger partial charge in [0.2, 0.25) is 5.91 Å². The van der Waals surface area contributed by atoms with Gasteiger partial charge in [-0.15, -0.1) is 0 Å². The number of aromatic nitrogens is 1. The SMILES string of the molecule is CC(=O)c1ccc(NC(=O)Nc2cc(CN3CCN(C(C)=O)CC3)ccc2F)cn1. The van der Waals surface area contributed by atoms with Crippen LogP contribution >= 0.6 is 0 Å². The molecule has 0 atom stereocenters. The molecule has 3 amide bonds. The summed E-state index contributed by atoms with van der Waals surface area (Å²) in [4.78, 5) is 42.8. The van der Waals surface area contributed by atoms with Crippen molar-refractivity contribution in [2.75, 3.05) is 36.8 Å². The predicted molar refractivity (Wildman–Crippen MR) is 111 cm³/mol. The molecular weight excluding hydrogens is 389 g/mol. The second-order valence-corrected chi connectivity index (χ2v) is 7.16. The van der Waals surface area contributed by atoms with Gasteiger partial charge in [0.05, 0.1) is 17.6 Å². The van der Waals surface area contributed by atoms with Crippen LogP contribution in [0.3, 0.4) is 0 Å². The Bertz CT molecular complexity index is 940. The number of Topliss-reactive ketones (excluding diaryl/α,β-unsaturated/α-hetero) is 1. The number of nitrogens with zero attached hydrogens (tertiary/aromatic N) is 3. The number of amides is 3. The molecule has 1 aliphatic rings. The van der Waals surface area contributed by atoms with Crippen molar-refractivity contribution in [1.82, 2.24) is 14.8 Å². The van der Waals surface area contributed by atoms with Crippen molar-refractivity contribution in [3.63, 3.8) is 0 Å². The van der Waals surface area contributed by atoms with Crippen LogP contribution in [0.15, 0.2) is 36.5 Å². The number of halogens is 1. The zero-order chi connectivity index (χ0) is 21.7. The van der Waals surface area contributed by atoms with E-state index in [1.165, 1.54) is 25.3 Å². The van der Waals surface area contributed by atoms with Gasteiger partial charge in [0.15, 0.2) is 5.78 Å². The number of carbonyl (C=O) groups excluding carboxylic acids is 3. The minimum absolute atomic E-state index is 0.0695. The smallest absolute Gasteiger partial charge is 0.323 e. The van der Waals surface area contributed by atoms with E-state index in [1.807, 2.05) is 0 Å². The quantitative estimate of drug-likeness (QED) is 0.735. The van der Waals surface area contributed by atoms with Gasteiger partial charge in [-0.3, -0.25) is 19.5 Å². The lowest BCUT2D eigenvalue weighted by molar-refractivity contribution is -0.130. The highest BCUT2D eigenvalue weighted by Crippen LogP contribution is 2.19. The number of pyridine rings is 1. The molecule has 3 rings (SSSR count). The normalized spacial score (nSPS) is 14.3. The lowest BCUT2D eigenvalue weighted by Gasteiger charge is -2.34. The molecule has 0 unspecified atom stereocenters. The molecule has 1 aromatic carbocycles. The Morgan fingerprint density at radius 1 is 1.03 bits per heavy atom. The number of piperazine rings is 1. The number of ketones is 1. The Balaban J connectivity index is 1.59. The molecule has 1 fully saturated rings. The van der Waals surface area contributed by atoms with E-state index < -0.39 is 11.8 Å². The van der Waals surface area contributed by atoms with Gasteiger partial charge in [-0.25, -0.2) is 9.18 Å². The number of rotatable bonds is 5. The largest absolute Gasteiger partial charge is 0.340 e. The third kappa shape index (κ3) is 5.60. The molecule has 2 aromatic rings. The van der Waals surface area contributed by atoms with Crippen LogP contribution in [0.1, 0.15) is 29.9 Å². The first kappa shape index (κ1) is 21.4. The maximum absolute atomic E-state index is 14.2. The Kier molecular flexibility index (Phi) is 6.73. The molecule has 0 saturated carbocycles. The molecule has 2 heterocycles. The van der Waals surface area contributed by atoms with Gasteiger partial charge in [0.1, 0.15) is 11.5 Å². The molecular formula is C21H24FN5O3. The Labute approximate surface area is 174 Å². The highest BCUT2D eigenvalue weighted by atomic mass is 19.1. The van der Waals surface area contributed by atoms with Crippen molar-refractivity contribution in [2.24, 2.45) is 0 Å². The summed E-state index contributed by atoms with van der Waals surface area (Å²) >= 11 is 0. The first-order valence-corrected chi connectivity index (χ1v) is 9.63. The summed E-state index contributed by atoms with van der Waals surface area (Å²) in [5.74, 6) is -0.645. The lowest BCUT2D eigenvalue weighted by atomic mass is 10.1. The van der Waals surface area contributed by atoms with E-state index in [9.17, 15) is 18.8 Å². The van der Waals surface area contributed by atoms with Crippen LogP contribution < -0.4 is 10.6 Å². The summed E-state index contributed by atoms with van der Waals surface area (Å²) in [5, 5.41) is 5.07. The first-order valence-electron chi connectivity index (χ1n) is 9.63. The van der Waals surface area contributed by atoms with E-state index >= 15 is 0 Å². The number of hydrogen-bond acceptors (Lipinski definition) is 5. The van der Waals surface area contributed by atoms with Crippen LogP contribution in [0.4, 0.5) is 20.6 Å². The van der Waals surface area contributed by atoms with Gasteiger partial charge in [-0.2, -0.15) is 0 Å². The van der Waals surface area contributed by atoms with Gasteiger partial charge in [0.25, 0.3) is 0 Å². The molecule has 9 heteroatoms. The van der Waals surface area contributed by atoms with Crippen molar-refractivity contribution < 1.29 is 18.8 Å². The van der Waals surface area contributed by atoms with E-state index in [4.69, 9.17) is 0 Å². The van der Waals surface area contributed by atoms with Crippen LogP contribution in [-0.2, 0) is 11.3 Å². The monoisotopic (exact) mass is 413 g/mol. The van der Waals surface area contributed by atoms with Gasteiger partial charge >= 0.3 is 6.03 Å². The van der Waals surface area contributed by atoms with Crippen LogP contribution in [0.2, 0.25) is 0 Å². The molecule has 30 heavy (non-hydrogen) atoms. The van der Waals surface area contributed by atoms with Crippen LogP contribution in [0.25, 0.3) is 0 Å². The fourth-order valence-corrected chi connectivity index (χ4v) is 3.21. The molecule has 0 aliphatic carbocycles. The van der Waals surface area contributed by atoms with Gasteiger partial charge in [-0.05, 0) is 29.8 Å². The van der Waals surface area contributed by atoms with E-state index in [0.717, 1.165) is 18.7 Å². The van der Waals surface area contributed by atoms with Gasteiger partial charge < -0.3 is 15.5 Å². The summed E-state index contributed by atoms with van der Waals surface area (Å²) < 4.78 is 14.2. The number of hydrogen-bond donors (Lipinski definition) is 2. The topological polar surface area (TPSA) is 94.6 Å². The average Bonchev–Trinajstić information content (AvgIpc) is 2.71. The van der Waals surface area contributed by atoms with Crippen molar-refractivity contribution in [3.05, 3.63) is 53.6 Å². The van der Waals surface area contributed by atoms with Crippen LogP contribution in [-0.4, -0.2) is 58.7 Å². The number of benzene rings is 1. The highest BCUT2D eigenvalue weighted by molar-refractivity contribution is 6.00. The number of carbonyl (C=O) groups is 3. The summed E-state index contributed by atoms with van der Waals surface area (Å²) in [6.07, 6.45) is 1.36. The second kappa shape index (κ2) is 9.45. The molecule has 0 bridgehead atoms. The molecule has 1 aliphatic heterocycles. The summed E-state index contributed by atoms with van der Waals surface area (Å²) in [6.45, 7) is 6.38. The standard InChI is InChI=1S/C21H24FN5O3/c1-14(28)19-6-4-17(12-23-19)24-21(30)25-20-11-16(3-5-18(20)22)13-26-7-9-27(10-8-26)15(2)29/h3-6,11-12H,7-10,13H2,1-2H3,(H2,24,25,30). The summed E-state index contributed by atoms with van der Waals surface area (Å²) in [6, 6.07) is 7.05. The summed E-state index contributed by atoms with van der Waals surface area (Å²) in [5.41, 5.74) is 1.61. The number of nitrogens with one attached hydrogen (secondary N) is 2. The molecule has 1 saturated heterocycles. The minimum atomic E-state index is -0.613. The minimum Gasteiger partial charge on any atom is -0.340 e. The van der Waals surface area contributed by atoms with Crippen molar-refractivity contribution in [2.45, 2.75) is 20.4 Å². The molecule has 0 radical (unpaired) electrons. The Morgan fingerprint density at radius 3 is 2.37 bits per heavy atom. The van der Waals surface area contributed by atoms with Crippen molar-refractivity contribution in [3.8, 4) is 0 Å². The molecule has 8 nitrogen and oxygen atoms in total. The predicted octanol–water partition coefficient (Wildman–Crippen LogP) is 2.73. The number of anilines is 2. The van der Waals surface area contributed by atoms with Gasteiger partial charge in [-0.1, -0.05) is 6.07 Å². The molecule has 0 spiro atoms. The Hall–Kier alpha value is -3.33. The first-order chi connectivity index (χ1) is 14.3. The fraction of sp³-hybridized carbons (Fsp3) is 0.333. The van der Waals surface area contributed by atoms with Crippen LogP contribution in [0, 0.1) is 5.82 Å². The summed E-state index contributed by atoms with van der Waals surface area (Å²) in [7, 11) is 0. The molecule has 1 aromatic heterocycles. The third-order valence-corrected chi connectivity index (χ3v) is 4.88. The fourth-order valence-electron chi connectivity index (χ4n) is 3.21. The zero-order valence-electron chi connectivity index (χ0n) is 16.9.